The fraction of sp³-hybridized carbons (Fsp3) is 0.444. The molecule has 3 fully saturated rings. The molecule has 0 radical (unpaired) electrons. The van der Waals surface area contributed by atoms with Crippen LogP contribution >= 0.6 is 0 Å². The molecule has 0 unspecified atom stereocenters. The van der Waals surface area contributed by atoms with Crippen molar-refractivity contribution in [1.29, 1.82) is 0 Å². The maximum atomic E-state index is 12.0. The minimum absolute atomic E-state index is 0.0592. The SMILES string of the molecule is CC1(c2cc(Nc3nc(N4C[C@@H]5C[C@@H]4C(=O)O5)nn4cccc34)n[nH]2)CC1. The van der Waals surface area contributed by atoms with Gasteiger partial charge >= 0.3 is 5.97 Å². The Bertz CT molecular complexity index is 1070. The van der Waals surface area contributed by atoms with Crippen LogP contribution in [0, 0.1) is 0 Å². The highest BCUT2D eigenvalue weighted by Crippen LogP contribution is 2.47. The van der Waals surface area contributed by atoms with Crippen molar-refractivity contribution in [3.63, 3.8) is 0 Å². The number of carbonyl (C=O) groups is 1. The van der Waals surface area contributed by atoms with Gasteiger partial charge in [-0.3, -0.25) is 5.10 Å². The van der Waals surface area contributed by atoms with Crippen LogP contribution in [0.5, 0.6) is 0 Å². The molecule has 1 aliphatic carbocycles. The molecule has 0 spiro atoms. The van der Waals surface area contributed by atoms with Gasteiger partial charge in [0.2, 0.25) is 5.95 Å². The normalized spacial score (nSPS) is 25.2. The van der Waals surface area contributed by atoms with Crippen LogP contribution in [0.1, 0.15) is 31.9 Å². The maximum absolute atomic E-state index is 12.0. The average molecular weight is 365 g/mol. The van der Waals surface area contributed by atoms with Crippen molar-refractivity contribution in [2.45, 2.75) is 43.7 Å². The highest BCUT2D eigenvalue weighted by molar-refractivity contribution is 5.84. The lowest BCUT2D eigenvalue weighted by atomic mass is 10.1. The summed E-state index contributed by atoms with van der Waals surface area (Å²) in [5.41, 5.74) is 2.22. The summed E-state index contributed by atoms with van der Waals surface area (Å²) in [5.74, 6) is 1.73. The van der Waals surface area contributed by atoms with Gasteiger partial charge in [0.15, 0.2) is 11.6 Å². The summed E-state index contributed by atoms with van der Waals surface area (Å²) in [6, 6.07) is 5.63. The van der Waals surface area contributed by atoms with Crippen molar-refractivity contribution in [3.8, 4) is 0 Å². The van der Waals surface area contributed by atoms with Crippen molar-refractivity contribution < 1.29 is 9.53 Å². The molecule has 5 heterocycles. The van der Waals surface area contributed by atoms with E-state index in [-0.39, 0.29) is 23.5 Å². The number of esters is 1. The molecule has 1 saturated carbocycles. The fourth-order valence-corrected chi connectivity index (χ4v) is 3.98. The summed E-state index contributed by atoms with van der Waals surface area (Å²) in [5, 5.41) is 15.4. The number of hydrogen-bond donors (Lipinski definition) is 2. The van der Waals surface area contributed by atoms with E-state index in [4.69, 9.17) is 9.72 Å². The van der Waals surface area contributed by atoms with E-state index < -0.39 is 0 Å². The zero-order valence-corrected chi connectivity index (χ0v) is 14.8. The van der Waals surface area contributed by atoms with Crippen LogP contribution < -0.4 is 10.2 Å². The number of morpholine rings is 1. The monoisotopic (exact) mass is 365 g/mol. The van der Waals surface area contributed by atoms with Crippen LogP contribution in [-0.2, 0) is 14.9 Å². The van der Waals surface area contributed by atoms with Crippen molar-refractivity contribution in [3.05, 3.63) is 30.1 Å². The number of aromatic amines is 1. The standard InChI is InChI=1S/C18H19N7O2/c1-18(4-5-18)13-8-14(22-21-13)19-15-11-3-2-6-25(11)23-17(20-15)24-9-10-7-12(24)16(26)27-10/h2-3,6,8,10,12H,4-5,7,9H2,1H3,(H2,19,20,21,22,23)/t10-,12+/m0/s1. The minimum Gasteiger partial charge on any atom is -0.459 e. The molecule has 0 aromatic carbocycles. The quantitative estimate of drug-likeness (QED) is 0.679. The van der Waals surface area contributed by atoms with E-state index in [0.717, 1.165) is 17.0 Å². The molecule has 2 atom stereocenters. The van der Waals surface area contributed by atoms with Gasteiger partial charge in [-0.25, -0.2) is 9.31 Å². The number of nitrogens with zero attached hydrogens (tertiary/aromatic N) is 5. The van der Waals surface area contributed by atoms with Crippen molar-refractivity contribution >= 4 is 29.1 Å². The third-order valence-electron chi connectivity index (χ3n) is 5.93. The van der Waals surface area contributed by atoms with Gasteiger partial charge in [0.05, 0.1) is 6.54 Å². The number of H-pyrrole nitrogens is 1. The smallest absolute Gasteiger partial charge is 0.329 e. The van der Waals surface area contributed by atoms with Gasteiger partial charge in [0.25, 0.3) is 0 Å². The number of aromatic nitrogens is 5. The van der Waals surface area contributed by atoms with Crippen LogP contribution in [0.3, 0.4) is 0 Å². The van der Waals surface area contributed by atoms with Crippen molar-refractivity contribution in [2.75, 3.05) is 16.8 Å². The lowest BCUT2D eigenvalue weighted by molar-refractivity contribution is -0.144. The Hall–Kier alpha value is -3.10. The Balaban J connectivity index is 1.37. The Morgan fingerprint density at radius 1 is 1.41 bits per heavy atom. The summed E-state index contributed by atoms with van der Waals surface area (Å²) in [7, 11) is 0. The second-order valence-electron chi connectivity index (χ2n) is 7.91. The lowest BCUT2D eigenvalue weighted by Gasteiger charge is -2.25. The Morgan fingerprint density at radius 2 is 2.30 bits per heavy atom. The predicted molar refractivity (Wildman–Crippen MR) is 97.1 cm³/mol. The first-order valence-corrected chi connectivity index (χ1v) is 9.25. The van der Waals surface area contributed by atoms with Gasteiger partial charge in [-0.15, -0.1) is 5.10 Å². The average Bonchev–Trinajstić information content (AvgIpc) is 3.15. The number of anilines is 3. The Kier molecular flexibility index (Phi) is 2.78. The number of nitrogens with one attached hydrogen (secondary N) is 2. The Morgan fingerprint density at radius 3 is 3.07 bits per heavy atom. The summed E-state index contributed by atoms with van der Waals surface area (Å²) in [6.07, 6.45) is 4.89. The summed E-state index contributed by atoms with van der Waals surface area (Å²) < 4.78 is 7.05. The second kappa shape index (κ2) is 4.99. The molecule has 2 saturated heterocycles. The zero-order valence-electron chi connectivity index (χ0n) is 14.8. The third kappa shape index (κ3) is 2.23. The lowest BCUT2D eigenvalue weighted by Crippen LogP contribution is -2.41. The number of rotatable bonds is 4. The van der Waals surface area contributed by atoms with Gasteiger partial charge in [-0.05, 0) is 25.0 Å². The second-order valence-corrected chi connectivity index (χ2v) is 7.91. The molecular weight excluding hydrogens is 346 g/mol. The molecule has 3 aromatic rings. The van der Waals surface area contributed by atoms with Crippen molar-refractivity contribution in [2.24, 2.45) is 0 Å². The van der Waals surface area contributed by atoms with Crippen molar-refractivity contribution in [1.82, 2.24) is 24.8 Å². The van der Waals surface area contributed by atoms with Crippen LogP contribution in [-0.4, -0.2) is 49.5 Å². The topological polar surface area (TPSA) is 100 Å². The maximum Gasteiger partial charge on any atom is 0.329 e. The van der Waals surface area contributed by atoms with E-state index >= 15 is 0 Å². The number of ether oxygens (including phenoxy) is 1. The summed E-state index contributed by atoms with van der Waals surface area (Å²) >= 11 is 0. The van der Waals surface area contributed by atoms with Crippen LogP contribution in [0.2, 0.25) is 0 Å². The fourth-order valence-electron chi connectivity index (χ4n) is 3.98. The highest BCUT2D eigenvalue weighted by atomic mass is 16.6. The first kappa shape index (κ1) is 15.0. The summed E-state index contributed by atoms with van der Waals surface area (Å²) in [4.78, 5) is 18.6. The minimum atomic E-state index is -0.289. The van der Waals surface area contributed by atoms with Crippen LogP contribution in [0.15, 0.2) is 24.4 Å². The molecule has 9 nitrogen and oxygen atoms in total. The summed E-state index contributed by atoms with van der Waals surface area (Å²) in [6.45, 7) is 2.87. The largest absolute Gasteiger partial charge is 0.459 e. The molecular formula is C18H19N7O2. The van der Waals surface area contributed by atoms with Gasteiger partial charge in [-0.2, -0.15) is 10.1 Å². The van der Waals surface area contributed by atoms with Crippen LogP contribution in [0.25, 0.3) is 5.52 Å². The van der Waals surface area contributed by atoms with Gasteiger partial charge in [0.1, 0.15) is 17.7 Å². The molecule has 0 amide bonds. The predicted octanol–water partition coefficient (Wildman–Crippen LogP) is 1.75. The zero-order chi connectivity index (χ0) is 18.2. The first-order valence-electron chi connectivity index (χ1n) is 9.25. The molecule has 2 aliphatic heterocycles. The van der Waals surface area contributed by atoms with Gasteiger partial charge in [0, 0.05) is 29.8 Å². The van der Waals surface area contributed by atoms with Gasteiger partial charge in [-0.1, -0.05) is 6.92 Å². The third-order valence-corrected chi connectivity index (χ3v) is 5.93. The molecule has 3 aromatic heterocycles. The highest BCUT2D eigenvalue weighted by Gasteiger charge is 2.47. The van der Waals surface area contributed by atoms with E-state index in [1.807, 2.05) is 29.3 Å². The molecule has 138 valence electrons. The van der Waals surface area contributed by atoms with E-state index in [9.17, 15) is 4.79 Å². The molecule has 9 heteroatoms. The van der Waals surface area contributed by atoms with E-state index in [2.05, 4.69) is 27.5 Å². The molecule has 3 aliphatic rings. The van der Waals surface area contributed by atoms with E-state index in [0.29, 0.717) is 24.7 Å². The van der Waals surface area contributed by atoms with Crippen LogP contribution in [0.4, 0.5) is 17.6 Å². The van der Waals surface area contributed by atoms with Gasteiger partial charge < -0.3 is 15.0 Å². The van der Waals surface area contributed by atoms with E-state index in [1.54, 1.807) is 4.52 Å². The molecule has 27 heavy (non-hydrogen) atoms. The Labute approximate surface area is 154 Å². The first-order chi connectivity index (χ1) is 13.1. The molecule has 2 N–H and O–H groups in total. The number of fused-ring (bicyclic) bond motifs is 3. The molecule has 2 bridgehead atoms. The molecule has 6 rings (SSSR count). The number of carbonyl (C=O) groups excluding carboxylic acids is 1. The number of hydrogen-bond acceptors (Lipinski definition) is 7. The van der Waals surface area contributed by atoms with E-state index in [1.165, 1.54) is 12.8 Å².